The van der Waals surface area contributed by atoms with Crippen LogP contribution in [-0.4, -0.2) is 22.6 Å². The summed E-state index contributed by atoms with van der Waals surface area (Å²) in [6.07, 6.45) is 1.57. The molecule has 0 spiro atoms. The Bertz CT molecular complexity index is 1060. The number of hydrogen-bond donors (Lipinski definition) is 0. The predicted molar refractivity (Wildman–Crippen MR) is 88.1 cm³/mol. The number of fused-ring (bicyclic) bond motifs is 1. The number of rotatable bonds is 2. The molecule has 0 saturated heterocycles. The number of aromatic nitrogens is 2. The molecule has 0 aliphatic heterocycles. The standard InChI is InChI=1S/C18H13N3O3/c1-11-13(18(23)24-2)9-14-15(20-11)7-8-21(17(14)22)16-6-4-3-5-12(16)10-19/h3-9H,1-2H3. The van der Waals surface area contributed by atoms with Gasteiger partial charge < -0.3 is 4.74 Å². The van der Waals surface area contributed by atoms with E-state index in [9.17, 15) is 14.9 Å². The molecule has 0 bridgehead atoms. The fourth-order valence-electron chi connectivity index (χ4n) is 2.55. The monoisotopic (exact) mass is 319 g/mol. The number of esters is 1. The maximum Gasteiger partial charge on any atom is 0.339 e. The summed E-state index contributed by atoms with van der Waals surface area (Å²) in [7, 11) is 1.28. The van der Waals surface area contributed by atoms with Crippen LogP contribution in [-0.2, 0) is 4.74 Å². The van der Waals surface area contributed by atoms with E-state index in [0.717, 1.165) is 0 Å². The summed E-state index contributed by atoms with van der Waals surface area (Å²) in [6, 6.07) is 12.0. The van der Waals surface area contributed by atoms with Crippen LogP contribution >= 0.6 is 0 Å². The lowest BCUT2D eigenvalue weighted by Crippen LogP contribution is -2.20. The van der Waals surface area contributed by atoms with E-state index in [-0.39, 0.29) is 16.5 Å². The van der Waals surface area contributed by atoms with E-state index in [1.165, 1.54) is 17.7 Å². The third-order valence-electron chi connectivity index (χ3n) is 3.76. The average Bonchev–Trinajstić information content (AvgIpc) is 2.61. The second kappa shape index (κ2) is 5.97. The van der Waals surface area contributed by atoms with Crippen molar-refractivity contribution in [1.29, 1.82) is 5.26 Å². The molecule has 1 aromatic carbocycles. The van der Waals surface area contributed by atoms with E-state index < -0.39 is 5.97 Å². The first-order valence-electron chi connectivity index (χ1n) is 7.17. The Hall–Kier alpha value is -3.46. The van der Waals surface area contributed by atoms with Crippen molar-refractivity contribution in [2.45, 2.75) is 6.92 Å². The van der Waals surface area contributed by atoms with Gasteiger partial charge in [0.2, 0.25) is 0 Å². The number of nitriles is 1. The normalized spacial score (nSPS) is 10.4. The zero-order valence-corrected chi connectivity index (χ0v) is 13.1. The molecule has 3 rings (SSSR count). The number of methoxy groups -OCH3 is 1. The molecular formula is C18H13N3O3. The smallest absolute Gasteiger partial charge is 0.339 e. The number of carbonyl (C=O) groups excluding carboxylic acids is 1. The van der Waals surface area contributed by atoms with E-state index >= 15 is 0 Å². The van der Waals surface area contributed by atoms with E-state index in [4.69, 9.17) is 4.74 Å². The van der Waals surface area contributed by atoms with Gasteiger partial charge in [0, 0.05) is 6.20 Å². The molecule has 0 N–H and O–H groups in total. The maximum atomic E-state index is 12.8. The fourth-order valence-corrected chi connectivity index (χ4v) is 2.55. The molecule has 2 heterocycles. The molecule has 2 aromatic heterocycles. The Balaban J connectivity index is 2.32. The number of aryl methyl sites for hydroxylation is 1. The number of para-hydroxylation sites is 1. The molecule has 6 nitrogen and oxygen atoms in total. The van der Waals surface area contributed by atoms with Crippen LogP contribution in [0.4, 0.5) is 0 Å². The lowest BCUT2D eigenvalue weighted by atomic mass is 10.1. The van der Waals surface area contributed by atoms with Gasteiger partial charge in [-0.2, -0.15) is 5.26 Å². The Labute approximate surface area is 137 Å². The molecule has 0 amide bonds. The second-order valence-electron chi connectivity index (χ2n) is 5.17. The van der Waals surface area contributed by atoms with Crippen molar-refractivity contribution in [3.05, 3.63) is 69.8 Å². The Morgan fingerprint density at radius 3 is 2.75 bits per heavy atom. The summed E-state index contributed by atoms with van der Waals surface area (Å²) in [5.41, 5.74) is 1.72. The quantitative estimate of drug-likeness (QED) is 0.677. The molecule has 118 valence electrons. The van der Waals surface area contributed by atoms with Crippen molar-refractivity contribution in [2.75, 3.05) is 7.11 Å². The summed E-state index contributed by atoms with van der Waals surface area (Å²) in [6.45, 7) is 1.68. The molecule has 6 heteroatoms. The third kappa shape index (κ3) is 2.42. The predicted octanol–water partition coefficient (Wildman–Crippen LogP) is 2.35. The number of pyridine rings is 2. The van der Waals surface area contributed by atoms with Crippen LogP contribution in [0.5, 0.6) is 0 Å². The Morgan fingerprint density at radius 1 is 1.29 bits per heavy atom. The fraction of sp³-hybridized carbons (Fsp3) is 0.111. The van der Waals surface area contributed by atoms with Crippen molar-refractivity contribution in [3.8, 4) is 11.8 Å². The van der Waals surface area contributed by atoms with Crippen LogP contribution in [0.25, 0.3) is 16.6 Å². The molecule has 0 saturated carbocycles. The number of nitrogens with zero attached hydrogens (tertiary/aromatic N) is 3. The number of hydrogen-bond acceptors (Lipinski definition) is 5. The highest BCUT2D eigenvalue weighted by atomic mass is 16.5. The minimum atomic E-state index is -0.547. The summed E-state index contributed by atoms with van der Waals surface area (Å²) in [5, 5.41) is 9.52. The SMILES string of the molecule is COC(=O)c1cc2c(=O)n(-c3ccccc3C#N)ccc2nc1C. The largest absolute Gasteiger partial charge is 0.465 e. The molecule has 0 atom stereocenters. The average molecular weight is 319 g/mol. The van der Waals surface area contributed by atoms with Crippen molar-refractivity contribution in [2.24, 2.45) is 0 Å². The molecular weight excluding hydrogens is 306 g/mol. The van der Waals surface area contributed by atoms with Gasteiger partial charge in [-0.3, -0.25) is 14.3 Å². The number of ether oxygens (including phenoxy) is 1. The highest BCUT2D eigenvalue weighted by molar-refractivity contribution is 5.94. The lowest BCUT2D eigenvalue weighted by Gasteiger charge is -2.10. The van der Waals surface area contributed by atoms with Crippen LogP contribution in [0.2, 0.25) is 0 Å². The van der Waals surface area contributed by atoms with E-state index in [1.54, 1.807) is 43.5 Å². The first-order chi connectivity index (χ1) is 11.6. The lowest BCUT2D eigenvalue weighted by molar-refractivity contribution is 0.0599. The molecule has 0 aliphatic rings. The first-order valence-corrected chi connectivity index (χ1v) is 7.17. The van der Waals surface area contributed by atoms with Crippen molar-refractivity contribution >= 4 is 16.9 Å². The minimum absolute atomic E-state index is 0.244. The zero-order chi connectivity index (χ0) is 17.3. The molecule has 0 radical (unpaired) electrons. The molecule has 0 unspecified atom stereocenters. The van der Waals surface area contributed by atoms with Crippen molar-refractivity contribution in [3.63, 3.8) is 0 Å². The van der Waals surface area contributed by atoms with Gasteiger partial charge in [-0.1, -0.05) is 12.1 Å². The van der Waals surface area contributed by atoms with Crippen LogP contribution in [0, 0.1) is 18.3 Å². The van der Waals surface area contributed by atoms with E-state index in [1.807, 2.05) is 0 Å². The van der Waals surface area contributed by atoms with Crippen LogP contribution in [0.15, 0.2) is 47.4 Å². The number of carbonyl (C=O) groups is 1. The third-order valence-corrected chi connectivity index (χ3v) is 3.76. The van der Waals surface area contributed by atoms with E-state index in [0.29, 0.717) is 22.5 Å². The minimum Gasteiger partial charge on any atom is -0.465 e. The van der Waals surface area contributed by atoms with Gasteiger partial charge in [-0.15, -0.1) is 0 Å². The van der Waals surface area contributed by atoms with Gasteiger partial charge in [0.1, 0.15) is 6.07 Å². The highest BCUT2D eigenvalue weighted by Crippen LogP contribution is 2.17. The second-order valence-corrected chi connectivity index (χ2v) is 5.17. The molecule has 3 aromatic rings. The molecule has 0 aliphatic carbocycles. The molecule has 0 fully saturated rings. The van der Waals surface area contributed by atoms with Gasteiger partial charge in [0.25, 0.3) is 5.56 Å². The molecule has 24 heavy (non-hydrogen) atoms. The van der Waals surface area contributed by atoms with Crippen LogP contribution in [0.1, 0.15) is 21.6 Å². The van der Waals surface area contributed by atoms with Gasteiger partial charge >= 0.3 is 5.97 Å². The highest BCUT2D eigenvalue weighted by Gasteiger charge is 2.15. The van der Waals surface area contributed by atoms with Crippen LogP contribution < -0.4 is 5.56 Å². The number of benzene rings is 1. The zero-order valence-electron chi connectivity index (χ0n) is 13.1. The van der Waals surface area contributed by atoms with Gasteiger partial charge in [-0.25, -0.2) is 4.79 Å². The first kappa shape index (κ1) is 15.4. The van der Waals surface area contributed by atoms with Gasteiger partial charge in [-0.05, 0) is 31.2 Å². The summed E-state index contributed by atoms with van der Waals surface area (Å²) in [4.78, 5) is 29.0. The van der Waals surface area contributed by atoms with Gasteiger partial charge in [0.15, 0.2) is 0 Å². The van der Waals surface area contributed by atoms with Crippen molar-refractivity contribution < 1.29 is 9.53 Å². The topological polar surface area (TPSA) is 85.0 Å². The van der Waals surface area contributed by atoms with Gasteiger partial charge in [0.05, 0.1) is 40.5 Å². The Morgan fingerprint density at radius 2 is 2.04 bits per heavy atom. The van der Waals surface area contributed by atoms with E-state index in [2.05, 4.69) is 11.1 Å². The summed E-state index contributed by atoms with van der Waals surface area (Å²) < 4.78 is 6.10. The summed E-state index contributed by atoms with van der Waals surface area (Å²) in [5.74, 6) is -0.547. The maximum absolute atomic E-state index is 12.8. The summed E-state index contributed by atoms with van der Waals surface area (Å²) >= 11 is 0. The van der Waals surface area contributed by atoms with Crippen molar-refractivity contribution in [1.82, 2.24) is 9.55 Å². The Kier molecular flexibility index (Phi) is 3.84. The van der Waals surface area contributed by atoms with Crippen LogP contribution in [0.3, 0.4) is 0 Å².